The second-order valence-corrected chi connectivity index (χ2v) is 3.37. The molecule has 4 heteroatoms. The second kappa shape index (κ2) is 5.14. The molecule has 1 rings (SSSR count). The van der Waals surface area contributed by atoms with Crippen molar-refractivity contribution < 1.29 is 9.59 Å². The summed E-state index contributed by atoms with van der Waals surface area (Å²) in [7, 11) is 0. The third-order valence-corrected chi connectivity index (χ3v) is 2.30. The van der Waals surface area contributed by atoms with E-state index in [-0.39, 0.29) is 0 Å². The molecule has 3 N–H and O–H groups in total. The Hall–Kier alpha value is -1.84. The van der Waals surface area contributed by atoms with Gasteiger partial charge in [0.15, 0.2) is 0 Å². The number of hydrogen-bond acceptors (Lipinski definition) is 2. The van der Waals surface area contributed by atoms with Crippen molar-refractivity contribution in [3.05, 3.63) is 35.4 Å². The molecule has 0 radical (unpaired) electrons. The summed E-state index contributed by atoms with van der Waals surface area (Å²) in [4.78, 5) is 21.3. The summed E-state index contributed by atoms with van der Waals surface area (Å²) in [6.45, 7) is 1.95. The molecule has 2 amide bonds. The summed E-state index contributed by atoms with van der Waals surface area (Å²) in [5, 5.41) is 2.40. The normalized spacial score (nSPS) is 11.8. The molecule has 0 saturated carbocycles. The number of rotatable bonds is 5. The number of amides is 2. The molecule has 0 fully saturated rings. The van der Waals surface area contributed by atoms with E-state index in [0.717, 1.165) is 11.1 Å². The van der Waals surface area contributed by atoms with Gasteiger partial charge in [0, 0.05) is 6.42 Å². The smallest absolute Gasteiger partial charge is 0.240 e. The van der Waals surface area contributed by atoms with Crippen LogP contribution in [0.3, 0.4) is 0 Å². The minimum absolute atomic E-state index is 0.431. The van der Waals surface area contributed by atoms with Crippen molar-refractivity contribution in [1.82, 2.24) is 5.32 Å². The number of hydrogen-bond donors (Lipinski definition) is 2. The molecule has 0 aliphatic carbocycles. The number of benzene rings is 1. The van der Waals surface area contributed by atoms with Gasteiger partial charge in [-0.05, 0) is 18.1 Å². The van der Waals surface area contributed by atoms with Crippen LogP contribution in [-0.2, 0) is 16.0 Å². The van der Waals surface area contributed by atoms with E-state index in [1.165, 1.54) is 0 Å². The van der Waals surface area contributed by atoms with Crippen LogP contribution >= 0.6 is 0 Å². The average molecular weight is 206 g/mol. The molecule has 0 aliphatic rings. The Morgan fingerprint density at radius 3 is 2.73 bits per heavy atom. The van der Waals surface area contributed by atoms with Crippen molar-refractivity contribution >= 4 is 12.3 Å². The topological polar surface area (TPSA) is 72.2 Å². The molecule has 1 aromatic carbocycles. The van der Waals surface area contributed by atoms with Gasteiger partial charge in [0.1, 0.15) is 6.04 Å². The van der Waals surface area contributed by atoms with E-state index < -0.39 is 11.9 Å². The molecule has 80 valence electrons. The fourth-order valence-corrected chi connectivity index (χ4v) is 1.38. The quantitative estimate of drug-likeness (QED) is 0.672. The van der Waals surface area contributed by atoms with Crippen LogP contribution in [-0.4, -0.2) is 18.4 Å². The molecule has 4 nitrogen and oxygen atoms in total. The van der Waals surface area contributed by atoms with E-state index in [9.17, 15) is 9.59 Å². The van der Waals surface area contributed by atoms with Crippen molar-refractivity contribution in [2.45, 2.75) is 19.4 Å². The average Bonchev–Trinajstić information content (AvgIpc) is 2.20. The first kappa shape index (κ1) is 11.2. The molecule has 1 atom stereocenters. The predicted octanol–water partition coefficient (Wildman–Crippen LogP) is 0.137. The second-order valence-electron chi connectivity index (χ2n) is 3.37. The maximum atomic E-state index is 11.0. The summed E-state index contributed by atoms with van der Waals surface area (Å²) >= 11 is 0. The van der Waals surface area contributed by atoms with Crippen molar-refractivity contribution in [2.24, 2.45) is 5.73 Å². The van der Waals surface area contributed by atoms with E-state index in [1.807, 2.05) is 31.2 Å². The Morgan fingerprint density at radius 1 is 1.53 bits per heavy atom. The van der Waals surface area contributed by atoms with E-state index in [2.05, 4.69) is 5.32 Å². The highest BCUT2D eigenvalue weighted by Gasteiger charge is 2.15. The molecule has 0 aromatic heterocycles. The molecule has 1 aromatic rings. The highest BCUT2D eigenvalue weighted by molar-refractivity contribution is 5.82. The van der Waals surface area contributed by atoms with Gasteiger partial charge in [0.2, 0.25) is 12.3 Å². The third kappa shape index (κ3) is 3.09. The SMILES string of the molecule is Cc1ccccc1CC(NC=O)C(N)=O. The zero-order chi connectivity index (χ0) is 11.3. The maximum Gasteiger partial charge on any atom is 0.240 e. The van der Waals surface area contributed by atoms with Crippen molar-refractivity contribution in [2.75, 3.05) is 0 Å². The Kier molecular flexibility index (Phi) is 3.85. The Labute approximate surface area is 88.5 Å². The summed E-state index contributed by atoms with van der Waals surface area (Å²) in [6.07, 6.45) is 0.925. The molecular weight excluding hydrogens is 192 g/mol. The molecular formula is C11H14N2O2. The number of nitrogens with one attached hydrogen (secondary N) is 1. The van der Waals surface area contributed by atoms with Gasteiger partial charge in [-0.3, -0.25) is 9.59 Å². The first-order valence-corrected chi connectivity index (χ1v) is 4.68. The van der Waals surface area contributed by atoms with E-state index in [4.69, 9.17) is 5.73 Å². The number of nitrogens with two attached hydrogens (primary N) is 1. The van der Waals surface area contributed by atoms with Gasteiger partial charge < -0.3 is 11.1 Å². The van der Waals surface area contributed by atoms with Crippen LogP contribution < -0.4 is 11.1 Å². The lowest BCUT2D eigenvalue weighted by Gasteiger charge is -2.13. The van der Waals surface area contributed by atoms with Gasteiger partial charge in [-0.2, -0.15) is 0 Å². The summed E-state index contributed by atoms with van der Waals surface area (Å²) in [6, 6.07) is 7.04. The molecule has 1 unspecified atom stereocenters. The Bertz CT molecular complexity index is 363. The predicted molar refractivity (Wildman–Crippen MR) is 57.1 cm³/mol. The minimum atomic E-state index is -0.636. The highest BCUT2D eigenvalue weighted by atomic mass is 16.2. The lowest BCUT2D eigenvalue weighted by Crippen LogP contribution is -2.42. The molecule has 0 saturated heterocycles. The first-order valence-electron chi connectivity index (χ1n) is 4.68. The minimum Gasteiger partial charge on any atom is -0.368 e. The lowest BCUT2D eigenvalue weighted by molar-refractivity contribution is -0.122. The monoisotopic (exact) mass is 206 g/mol. The van der Waals surface area contributed by atoms with Crippen LogP contribution in [0, 0.1) is 6.92 Å². The van der Waals surface area contributed by atoms with Gasteiger partial charge in [0.05, 0.1) is 0 Å². The van der Waals surface area contributed by atoms with Crippen molar-refractivity contribution in [1.29, 1.82) is 0 Å². The van der Waals surface area contributed by atoms with Crippen LogP contribution in [0.1, 0.15) is 11.1 Å². The van der Waals surface area contributed by atoms with Crippen LogP contribution in [0.5, 0.6) is 0 Å². The fourth-order valence-electron chi connectivity index (χ4n) is 1.38. The van der Waals surface area contributed by atoms with Crippen LogP contribution in [0.4, 0.5) is 0 Å². The molecule has 0 bridgehead atoms. The zero-order valence-electron chi connectivity index (χ0n) is 8.57. The van der Waals surface area contributed by atoms with Crippen LogP contribution in [0.25, 0.3) is 0 Å². The summed E-state index contributed by atoms with van der Waals surface area (Å²) < 4.78 is 0. The molecule has 15 heavy (non-hydrogen) atoms. The number of carbonyl (C=O) groups excluding carboxylic acids is 2. The van der Waals surface area contributed by atoms with Gasteiger partial charge in [-0.1, -0.05) is 24.3 Å². The van der Waals surface area contributed by atoms with E-state index in [0.29, 0.717) is 12.8 Å². The van der Waals surface area contributed by atoms with E-state index in [1.54, 1.807) is 0 Å². The van der Waals surface area contributed by atoms with Gasteiger partial charge in [-0.15, -0.1) is 0 Å². The zero-order valence-corrected chi connectivity index (χ0v) is 8.57. The number of primary amides is 1. The molecule has 0 aliphatic heterocycles. The lowest BCUT2D eigenvalue weighted by atomic mass is 10.0. The van der Waals surface area contributed by atoms with Gasteiger partial charge in [0.25, 0.3) is 0 Å². The molecule has 0 spiro atoms. The third-order valence-electron chi connectivity index (χ3n) is 2.30. The van der Waals surface area contributed by atoms with Gasteiger partial charge >= 0.3 is 0 Å². The van der Waals surface area contributed by atoms with Gasteiger partial charge in [-0.25, -0.2) is 0 Å². The highest BCUT2D eigenvalue weighted by Crippen LogP contribution is 2.09. The summed E-state index contributed by atoms with van der Waals surface area (Å²) in [5.74, 6) is -0.523. The molecule has 0 heterocycles. The fraction of sp³-hybridized carbons (Fsp3) is 0.273. The summed E-state index contributed by atoms with van der Waals surface area (Å²) in [5.41, 5.74) is 7.25. The number of aryl methyl sites for hydroxylation is 1. The van der Waals surface area contributed by atoms with Crippen molar-refractivity contribution in [3.63, 3.8) is 0 Å². The van der Waals surface area contributed by atoms with E-state index >= 15 is 0 Å². The standard InChI is InChI=1S/C11H14N2O2/c1-8-4-2-3-5-9(8)6-10(11(12)15)13-7-14/h2-5,7,10H,6H2,1H3,(H2,12,15)(H,13,14). The Balaban J connectivity index is 2.78. The van der Waals surface area contributed by atoms with Crippen molar-refractivity contribution in [3.8, 4) is 0 Å². The first-order chi connectivity index (χ1) is 7.15. The van der Waals surface area contributed by atoms with Crippen LogP contribution in [0.15, 0.2) is 24.3 Å². The maximum absolute atomic E-state index is 11.0. The van der Waals surface area contributed by atoms with Crippen LogP contribution in [0.2, 0.25) is 0 Å². The largest absolute Gasteiger partial charge is 0.368 e. The number of carbonyl (C=O) groups is 2. The Morgan fingerprint density at radius 2 is 2.20 bits per heavy atom.